The first-order chi connectivity index (χ1) is 11.6. The number of rotatable bonds is 6. The van der Waals surface area contributed by atoms with E-state index in [2.05, 4.69) is 31.3 Å². The Morgan fingerprint density at radius 2 is 1.88 bits per heavy atom. The highest BCUT2D eigenvalue weighted by atomic mass is 79.9. The summed E-state index contributed by atoms with van der Waals surface area (Å²) in [4.78, 5) is 23.1. The van der Waals surface area contributed by atoms with Gasteiger partial charge in [0.15, 0.2) is 0 Å². The number of halogens is 1. The van der Waals surface area contributed by atoms with Crippen LogP contribution in [0.5, 0.6) is 5.75 Å². The number of hydrogen-bond acceptors (Lipinski definition) is 4. The molecule has 2 aromatic rings. The van der Waals surface area contributed by atoms with Crippen molar-refractivity contribution in [2.45, 2.75) is 0 Å². The van der Waals surface area contributed by atoms with Crippen LogP contribution in [0, 0.1) is 0 Å². The summed E-state index contributed by atoms with van der Waals surface area (Å²) in [6.45, 7) is 0.712. The SMILES string of the molecule is COC(=O)c1ccc(NC(=O)NCCOc2cccc(Br)c2)cc1. The smallest absolute Gasteiger partial charge is 0.337 e. The van der Waals surface area contributed by atoms with Gasteiger partial charge in [0.05, 0.1) is 19.2 Å². The van der Waals surface area contributed by atoms with E-state index < -0.39 is 5.97 Å². The topological polar surface area (TPSA) is 76.7 Å². The first-order valence-electron chi connectivity index (χ1n) is 7.20. The lowest BCUT2D eigenvalue weighted by molar-refractivity contribution is 0.0601. The van der Waals surface area contributed by atoms with Crippen molar-refractivity contribution in [3.8, 4) is 5.75 Å². The van der Waals surface area contributed by atoms with Gasteiger partial charge in [0, 0.05) is 10.2 Å². The van der Waals surface area contributed by atoms with Gasteiger partial charge in [-0.2, -0.15) is 0 Å². The standard InChI is InChI=1S/C17H17BrN2O4/c1-23-16(21)12-5-7-14(8-6-12)20-17(22)19-9-10-24-15-4-2-3-13(18)11-15/h2-8,11H,9-10H2,1H3,(H2,19,20,22). The number of carbonyl (C=O) groups is 2. The van der Waals surface area contributed by atoms with Gasteiger partial charge >= 0.3 is 12.0 Å². The third-order valence-electron chi connectivity index (χ3n) is 3.02. The van der Waals surface area contributed by atoms with E-state index >= 15 is 0 Å². The molecule has 0 fully saturated rings. The van der Waals surface area contributed by atoms with E-state index in [9.17, 15) is 9.59 Å². The number of methoxy groups -OCH3 is 1. The van der Waals surface area contributed by atoms with E-state index in [1.165, 1.54) is 7.11 Å². The zero-order chi connectivity index (χ0) is 17.4. The van der Waals surface area contributed by atoms with Crippen LogP contribution in [-0.4, -0.2) is 32.3 Å². The van der Waals surface area contributed by atoms with Crippen molar-refractivity contribution >= 4 is 33.6 Å². The third kappa shape index (κ3) is 5.58. The minimum Gasteiger partial charge on any atom is -0.492 e. The molecule has 0 heterocycles. The van der Waals surface area contributed by atoms with Crippen LogP contribution in [-0.2, 0) is 4.74 Å². The van der Waals surface area contributed by atoms with E-state index in [1.54, 1.807) is 24.3 Å². The van der Waals surface area contributed by atoms with Crippen LogP contribution in [0.3, 0.4) is 0 Å². The molecule has 126 valence electrons. The highest BCUT2D eigenvalue weighted by molar-refractivity contribution is 9.10. The molecule has 2 amide bonds. The summed E-state index contributed by atoms with van der Waals surface area (Å²) in [6, 6.07) is 13.5. The third-order valence-corrected chi connectivity index (χ3v) is 3.51. The summed E-state index contributed by atoms with van der Waals surface area (Å²) in [5.74, 6) is 0.306. The van der Waals surface area contributed by atoms with Crippen molar-refractivity contribution in [1.29, 1.82) is 0 Å². The fourth-order valence-electron chi connectivity index (χ4n) is 1.87. The van der Waals surface area contributed by atoms with Crippen molar-refractivity contribution in [2.24, 2.45) is 0 Å². The lowest BCUT2D eigenvalue weighted by atomic mass is 10.2. The molecule has 0 aliphatic rings. The molecule has 0 aliphatic carbocycles. The zero-order valence-electron chi connectivity index (χ0n) is 13.0. The first-order valence-corrected chi connectivity index (χ1v) is 7.99. The number of hydrogen-bond donors (Lipinski definition) is 2. The van der Waals surface area contributed by atoms with E-state index in [1.807, 2.05) is 24.3 Å². The maximum absolute atomic E-state index is 11.8. The molecule has 0 saturated carbocycles. The van der Waals surface area contributed by atoms with Crippen LogP contribution in [0.25, 0.3) is 0 Å². The Hall–Kier alpha value is -2.54. The molecule has 6 nitrogen and oxygen atoms in total. The minimum atomic E-state index is -0.421. The van der Waals surface area contributed by atoms with Gasteiger partial charge in [-0.3, -0.25) is 0 Å². The fourth-order valence-corrected chi connectivity index (χ4v) is 2.25. The molecule has 0 bridgehead atoms. The summed E-state index contributed by atoms with van der Waals surface area (Å²) in [5.41, 5.74) is 0.999. The maximum Gasteiger partial charge on any atom is 0.337 e. The predicted octanol–water partition coefficient (Wildman–Crippen LogP) is 3.44. The fraction of sp³-hybridized carbons (Fsp3) is 0.176. The molecule has 0 unspecified atom stereocenters. The number of urea groups is 1. The van der Waals surface area contributed by atoms with E-state index in [0.29, 0.717) is 24.4 Å². The summed E-state index contributed by atoms with van der Waals surface area (Å²) in [6.07, 6.45) is 0. The van der Waals surface area contributed by atoms with Gasteiger partial charge < -0.3 is 20.1 Å². The second-order valence-corrected chi connectivity index (χ2v) is 5.67. The van der Waals surface area contributed by atoms with Gasteiger partial charge in [-0.1, -0.05) is 22.0 Å². The van der Waals surface area contributed by atoms with Gasteiger partial charge in [0.25, 0.3) is 0 Å². The van der Waals surface area contributed by atoms with Crippen molar-refractivity contribution in [1.82, 2.24) is 5.32 Å². The molecule has 0 saturated heterocycles. The Balaban J connectivity index is 1.72. The first kappa shape index (κ1) is 17.8. The molecule has 2 aromatic carbocycles. The van der Waals surface area contributed by atoms with Gasteiger partial charge in [0.2, 0.25) is 0 Å². The van der Waals surface area contributed by atoms with Crippen LogP contribution in [0.2, 0.25) is 0 Å². The number of carbonyl (C=O) groups excluding carboxylic acids is 2. The molecule has 0 aromatic heterocycles. The van der Waals surface area contributed by atoms with E-state index in [4.69, 9.17) is 4.74 Å². The van der Waals surface area contributed by atoms with E-state index in [-0.39, 0.29) is 6.03 Å². The monoisotopic (exact) mass is 392 g/mol. The molecule has 0 radical (unpaired) electrons. The molecule has 0 aliphatic heterocycles. The second kappa shape index (κ2) is 8.93. The largest absolute Gasteiger partial charge is 0.492 e. The number of nitrogens with one attached hydrogen (secondary N) is 2. The molecule has 24 heavy (non-hydrogen) atoms. The lowest BCUT2D eigenvalue weighted by Gasteiger charge is -2.09. The van der Waals surface area contributed by atoms with Crippen LogP contribution in [0.1, 0.15) is 10.4 Å². The average Bonchev–Trinajstić information content (AvgIpc) is 2.59. The van der Waals surface area contributed by atoms with Crippen LogP contribution in [0.4, 0.5) is 10.5 Å². The number of esters is 1. The quantitative estimate of drug-likeness (QED) is 0.583. The summed E-state index contributed by atoms with van der Waals surface area (Å²) in [5, 5.41) is 5.35. The lowest BCUT2D eigenvalue weighted by Crippen LogP contribution is -2.32. The summed E-state index contributed by atoms with van der Waals surface area (Å²) >= 11 is 3.36. The van der Waals surface area contributed by atoms with Crippen LogP contribution < -0.4 is 15.4 Å². The average molecular weight is 393 g/mol. The van der Waals surface area contributed by atoms with Gasteiger partial charge in [-0.25, -0.2) is 9.59 Å². The number of anilines is 1. The molecular weight excluding hydrogens is 376 g/mol. The number of amides is 2. The molecule has 2 N–H and O–H groups in total. The Morgan fingerprint density at radius 1 is 1.12 bits per heavy atom. The second-order valence-electron chi connectivity index (χ2n) is 4.76. The predicted molar refractivity (Wildman–Crippen MR) is 94.4 cm³/mol. The molecular formula is C17H17BrN2O4. The molecule has 7 heteroatoms. The van der Waals surface area contributed by atoms with Crippen molar-refractivity contribution < 1.29 is 19.1 Å². The normalized spacial score (nSPS) is 9.92. The molecule has 0 spiro atoms. The maximum atomic E-state index is 11.8. The van der Waals surface area contributed by atoms with Gasteiger partial charge in [-0.15, -0.1) is 0 Å². The highest BCUT2D eigenvalue weighted by Gasteiger charge is 2.06. The summed E-state index contributed by atoms with van der Waals surface area (Å²) in [7, 11) is 1.32. The highest BCUT2D eigenvalue weighted by Crippen LogP contribution is 2.17. The van der Waals surface area contributed by atoms with Gasteiger partial charge in [0.1, 0.15) is 12.4 Å². The summed E-state index contributed by atoms with van der Waals surface area (Å²) < 4.78 is 11.1. The Kier molecular flexibility index (Phi) is 6.62. The Labute approximate surface area is 148 Å². The van der Waals surface area contributed by atoms with Crippen molar-refractivity contribution in [3.63, 3.8) is 0 Å². The molecule has 0 atom stereocenters. The van der Waals surface area contributed by atoms with E-state index in [0.717, 1.165) is 10.2 Å². The van der Waals surface area contributed by atoms with Gasteiger partial charge in [-0.05, 0) is 42.5 Å². The Bertz CT molecular complexity index is 704. The molecule has 2 rings (SSSR count). The van der Waals surface area contributed by atoms with Crippen molar-refractivity contribution in [3.05, 3.63) is 58.6 Å². The van der Waals surface area contributed by atoms with Crippen LogP contribution in [0.15, 0.2) is 53.0 Å². The van der Waals surface area contributed by atoms with Crippen molar-refractivity contribution in [2.75, 3.05) is 25.6 Å². The number of benzene rings is 2. The van der Waals surface area contributed by atoms with Crippen LogP contribution >= 0.6 is 15.9 Å². The minimum absolute atomic E-state index is 0.348. The number of ether oxygens (including phenoxy) is 2. The zero-order valence-corrected chi connectivity index (χ0v) is 14.6. The Morgan fingerprint density at radius 3 is 2.54 bits per heavy atom.